The van der Waals surface area contributed by atoms with E-state index in [9.17, 15) is 13.2 Å². The molecule has 1 rings (SSSR count). The quantitative estimate of drug-likeness (QED) is 0.788. The summed E-state index contributed by atoms with van der Waals surface area (Å²) in [5.74, 6) is -1.30. The lowest BCUT2D eigenvalue weighted by atomic mass is 10.4. The van der Waals surface area contributed by atoms with Gasteiger partial charge in [-0.15, -0.1) is 0 Å². The zero-order chi connectivity index (χ0) is 13.1. The Balaban J connectivity index is 2.86. The van der Waals surface area contributed by atoms with Crippen LogP contribution in [0.5, 0.6) is 0 Å². The van der Waals surface area contributed by atoms with Crippen molar-refractivity contribution in [3.8, 4) is 0 Å². The first-order chi connectivity index (χ1) is 7.83. The minimum absolute atomic E-state index is 0.00852. The van der Waals surface area contributed by atoms with E-state index in [-0.39, 0.29) is 9.92 Å². The Morgan fingerprint density at radius 1 is 1.53 bits per heavy atom. The highest BCUT2D eigenvalue weighted by molar-refractivity contribution is 9.10. The third-order valence-corrected chi connectivity index (χ3v) is 3.74. The van der Waals surface area contributed by atoms with Crippen molar-refractivity contribution in [1.29, 1.82) is 0 Å². The molecule has 17 heavy (non-hydrogen) atoms. The Morgan fingerprint density at radius 2 is 2.18 bits per heavy atom. The van der Waals surface area contributed by atoms with Crippen LogP contribution < -0.4 is 4.89 Å². The summed E-state index contributed by atoms with van der Waals surface area (Å²) < 4.78 is 23.9. The van der Waals surface area contributed by atoms with Crippen LogP contribution in [0.3, 0.4) is 0 Å². The predicted molar refractivity (Wildman–Crippen MR) is 63.1 cm³/mol. The molecule has 0 saturated heterocycles. The van der Waals surface area contributed by atoms with Crippen LogP contribution >= 0.6 is 27.5 Å². The first-order valence-electron chi connectivity index (χ1n) is 4.13. The van der Waals surface area contributed by atoms with Gasteiger partial charge in [-0.25, -0.2) is 13.2 Å². The first-order valence-corrected chi connectivity index (χ1v) is 6.79. The van der Waals surface area contributed by atoms with Crippen molar-refractivity contribution < 1.29 is 23.2 Å². The van der Waals surface area contributed by atoms with E-state index in [1.54, 1.807) is 4.89 Å². The largest absolute Gasteiger partial charge is 0.479 e. The number of hydrogen-bond acceptors (Lipinski definition) is 4. The van der Waals surface area contributed by atoms with E-state index in [1.165, 1.54) is 18.2 Å². The number of benzene rings is 1. The number of aliphatic carboxylic acids is 1. The standard InChI is InChI=1S/C8H7BrClNO5S/c9-5-1-2-7(6(10)3-5)17(14,15)11-16-4-8(12)13/h1-3,11H,4H2,(H,12,13). The van der Waals surface area contributed by atoms with Crippen molar-refractivity contribution in [2.45, 2.75) is 4.90 Å². The van der Waals surface area contributed by atoms with Crippen molar-refractivity contribution in [1.82, 2.24) is 4.89 Å². The molecule has 0 radical (unpaired) electrons. The lowest BCUT2D eigenvalue weighted by Gasteiger charge is -2.07. The van der Waals surface area contributed by atoms with Crippen LogP contribution in [0.15, 0.2) is 27.6 Å². The molecule has 0 heterocycles. The van der Waals surface area contributed by atoms with E-state index in [2.05, 4.69) is 20.8 Å². The average molecular weight is 345 g/mol. The fraction of sp³-hybridized carbons (Fsp3) is 0.125. The minimum atomic E-state index is -3.99. The summed E-state index contributed by atoms with van der Waals surface area (Å²) in [6.07, 6.45) is 0. The highest BCUT2D eigenvalue weighted by Gasteiger charge is 2.18. The van der Waals surface area contributed by atoms with Gasteiger partial charge < -0.3 is 5.11 Å². The van der Waals surface area contributed by atoms with Gasteiger partial charge >= 0.3 is 5.97 Å². The Hall–Kier alpha value is -0.670. The van der Waals surface area contributed by atoms with Crippen molar-refractivity contribution in [2.75, 3.05) is 6.61 Å². The van der Waals surface area contributed by atoms with Gasteiger partial charge in [0.1, 0.15) is 4.90 Å². The van der Waals surface area contributed by atoms with Gasteiger partial charge in [0.2, 0.25) is 0 Å². The number of carbonyl (C=O) groups is 1. The lowest BCUT2D eigenvalue weighted by molar-refractivity contribution is -0.143. The van der Waals surface area contributed by atoms with E-state index < -0.39 is 22.6 Å². The van der Waals surface area contributed by atoms with Crippen molar-refractivity contribution >= 4 is 43.5 Å². The van der Waals surface area contributed by atoms with Gasteiger partial charge in [-0.2, -0.15) is 0 Å². The zero-order valence-corrected chi connectivity index (χ0v) is 11.3. The number of nitrogens with one attached hydrogen (secondary N) is 1. The van der Waals surface area contributed by atoms with Crippen molar-refractivity contribution in [3.05, 3.63) is 27.7 Å². The molecular weight excluding hydrogens is 338 g/mol. The number of sulfonamides is 1. The van der Waals surface area contributed by atoms with E-state index in [0.717, 1.165) is 0 Å². The van der Waals surface area contributed by atoms with E-state index in [1.807, 2.05) is 0 Å². The Kier molecular flexibility index (Phi) is 4.90. The van der Waals surface area contributed by atoms with Gasteiger partial charge in [-0.05, 0) is 18.2 Å². The molecule has 0 amide bonds. The normalized spacial score (nSPS) is 11.4. The van der Waals surface area contributed by atoms with Crippen LogP contribution in [0.2, 0.25) is 5.02 Å². The molecule has 94 valence electrons. The molecule has 0 aliphatic carbocycles. The number of rotatable bonds is 5. The first kappa shape index (κ1) is 14.4. The van der Waals surface area contributed by atoms with Gasteiger partial charge in [0.25, 0.3) is 10.0 Å². The summed E-state index contributed by atoms with van der Waals surface area (Å²) in [4.78, 5) is 15.9. The molecule has 0 saturated carbocycles. The zero-order valence-electron chi connectivity index (χ0n) is 8.18. The average Bonchev–Trinajstić information content (AvgIpc) is 2.15. The summed E-state index contributed by atoms with van der Waals surface area (Å²) >= 11 is 8.86. The number of carboxylic acids is 1. The molecule has 0 aliphatic rings. The maximum atomic E-state index is 11.6. The fourth-order valence-corrected chi connectivity index (χ4v) is 2.75. The minimum Gasteiger partial charge on any atom is -0.479 e. The third kappa shape index (κ3) is 4.25. The molecule has 1 aromatic rings. The molecule has 0 bridgehead atoms. The molecule has 2 N–H and O–H groups in total. The smallest absolute Gasteiger partial charge is 0.331 e. The third-order valence-electron chi connectivity index (χ3n) is 1.55. The molecule has 0 fully saturated rings. The maximum absolute atomic E-state index is 11.6. The summed E-state index contributed by atoms with van der Waals surface area (Å²) in [5.41, 5.74) is 0. The van der Waals surface area contributed by atoms with Crippen molar-refractivity contribution in [3.63, 3.8) is 0 Å². The summed E-state index contributed by atoms with van der Waals surface area (Å²) in [7, 11) is -3.99. The highest BCUT2D eigenvalue weighted by atomic mass is 79.9. The molecule has 1 aromatic carbocycles. The van der Waals surface area contributed by atoms with Crippen LogP contribution in [0.4, 0.5) is 0 Å². The molecule has 6 nitrogen and oxygen atoms in total. The summed E-state index contributed by atoms with van der Waals surface area (Å²) in [6, 6.07) is 4.14. The number of hydrogen-bond donors (Lipinski definition) is 2. The van der Waals surface area contributed by atoms with Crippen LogP contribution in [-0.4, -0.2) is 26.1 Å². The summed E-state index contributed by atoms with van der Waals surface area (Å²) in [6.45, 7) is -0.784. The lowest BCUT2D eigenvalue weighted by Crippen LogP contribution is -2.27. The molecule has 0 unspecified atom stereocenters. The van der Waals surface area contributed by atoms with Crippen LogP contribution in [0.25, 0.3) is 0 Å². The maximum Gasteiger partial charge on any atom is 0.331 e. The van der Waals surface area contributed by atoms with Gasteiger partial charge in [0, 0.05) is 4.47 Å². The molecule has 0 atom stereocenters. The van der Waals surface area contributed by atoms with Gasteiger partial charge in [0.15, 0.2) is 6.61 Å². The second-order valence-electron chi connectivity index (χ2n) is 2.84. The number of carboxylic acid groups (broad SMARTS) is 1. The second kappa shape index (κ2) is 5.78. The molecule has 0 aliphatic heterocycles. The topological polar surface area (TPSA) is 92.7 Å². The van der Waals surface area contributed by atoms with E-state index in [0.29, 0.717) is 4.47 Å². The fourth-order valence-electron chi connectivity index (χ4n) is 0.907. The Labute approximate surface area is 111 Å². The molecule has 0 spiro atoms. The van der Waals surface area contributed by atoms with Crippen molar-refractivity contribution in [2.24, 2.45) is 0 Å². The van der Waals surface area contributed by atoms with Gasteiger partial charge in [-0.3, -0.25) is 4.84 Å². The van der Waals surface area contributed by atoms with Gasteiger partial charge in [0.05, 0.1) is 5.02 Å². The predicted octanol–water partition coefficient (Wildman–Crippen LogP) is 1.40. The SMILES string of the molecule is O=C(O)CONS(=O)(=O)c1ccc(Br)cc1Cl. The van der Waals surface area contributed by atoms with E-state index >= 15 is 0 Å². The second-order valence-corrected chi connectivity index (χ2v) is 5.78. The molecule has 9 heteroatoms. The number of halogens is 2. The monoisotopic (exact) mass is 343 g/mol. The van der Waals surface area contributed by atoms with E-state index in [4.69, 9.17) is 16.7 Å². The highest BCUT2D eigenvalue weighted by Crippen LogP contribution is 2.24. The van der Waals surface area contributed by atoms with Crippen LogP contribution in [0, 0.1) is 0 Å². The Morgan fingerprint density at radius 3 is 2.71 bits per heavy atom. The summed E-state index contributed by atoms with van der Waals surface area (Å²) in [5, 5.41) is 8.27. The Bertz CT molecular complexity index is 533. The molecule has 0 aromatic heterocycles. The molecular formula is C8H7BrClNO5S. The van der Waals surface area contributed by atoms with Gasteiger partial charge in [-0.1, -0.05) is 32.4 Å². The van der Waals surface area contributed by atoms with Crippen LogP contribution in [-0.2, 0) is 19.7 Å². The van der Waals surface area contributed by atoms with Crippen LogP contribution in [0.1, 0.15) is 0 Å².